The Morgan fingerprint density at radius 1 is 1.27 bits per heavy atom. The fourth-order valence-electron chi connectivity index (χ4n) is 3.51. The molecule has 5 nitrogen and oxygen atoms in total. The number of aryl methyl sites for hydroxylation is 1. The van der Waals surface area contributed by atoms with E-state index in [0.717, 1.165) is 43.2 Å². The lowest BCUT2D eigenvalue weighted by atomic mass is 10.0. The van der Waals surface area contributed by atoms with E-state index < -0.39 is 0 Å². The van der Waals surface area contributed by atoms with E-state index in [2.05, 4.69) is 47.4 Å². The molecule has 6 heteroatoms. The number of likely N-dealkylation sites (tertiary alicyclic amines) is 1. The van der Waals surface area contributed by atoms with Gasteiger partial charge in [0, 0.05) is 43.2 Å². The molecule has 2 aromatic rings. The number of aliphatic imine (C=N–C) groups is 1. The Balaban J connectivity index is 0.00000243. The van der Waals surface area contributed by atoms with E-state index in [4.69, 9.17) is 4.42 Å². The van der Waals surface area contributed by atoms with Crippen LogP contribution in [-0.2, 0) is 6.54 Å². The zero-order valence-corrected chi connectivity index (χ0v) is 18.5. The van der Waals surface area contributed by atoms with Crippen LogP contribution in [0.15, 0.2) is 33.7 Å². The quantitative estimate of drug-likeness (QED) is 0.405. The Kier molecular flexibility index (Phi) is 7.76. The SMILES string of the molecule is CN=C(NCc1oc2ccccc2c1C)NC1CCN(C(C)C)CC1.I. The maximum atomic E-state index is 5.97. The fourth-order valence-corrected chi connectivity index (χ4v) is 3.51. The van der Waals surface area contributed by atoms with Crippen LogP contribution in [0.4, 0.5) is 0 Å². The first-order valence-corrected chi connectivity index (χ1v) is 9.26. The molecule has 3 rings (SSSR count). The number of benzene rings is 1. The average Bonchev–Trinajstić information content (AvgIpc) is 2.95. The third kappa shape index (κ3) is 4.91. The highest BCUT2D eigenvalue weighted by molar-refractivity contribution is 14.0. The molecule has 144 valence electrons. The highest BCUT2D eigenvalue weighted by atomic mass is 127. The molecule has 1 saturated heterocycles. The summed E-state index contributed by atoms with van der Waals surface area (Å²) in [7, 11) is 1.82. The van der Waals surface area contributed by atoms with Crippen molar-refractivity contribution in [1.29, 1.82) is 0 Å². The number of halogens is 1. The highest BCUT2D eigenvalue weighted by Gasteiger charge is 2.21. The number of hydrogen-bond acceptors (Lipinski definition) is 3. The molecule has 0 saturated carbocycles. The predicted molar refractivity (Wildman–Crippen MR) is 119 cm³/mol. The number of fused-ring (bicyclic) bond motifs is 1. The number of guanidine groups is 1. The van der Waals surface area contributed by atoms with Crippen molar-refractivity contribution in [2.75, 3.05) is 20.1 Å². The van der Waals surface area contributed by atoms with Gasteiger partial charge in [-0.1, -0.05) is 18.2 Å². The summed E-state index contributed by atoms with van der Waals surface area (Å²) in [5, 5.41) is 8.14. The Bertz CT molecular complexity index is 732. The molecule has 0 amide bonds. The van der Waals surface area contributed by atoms with Crippen LogP contribution in [0.3, 0.4) is 0 Å². The molecule has 1 aromatic carbocycles. The molecule has 0 unspecified atom stereocenters. The van der Waals surface area contributed by atoms with Gasteiger partial charge in [0.2, 0.25) is 0 Å². The number of nitrogens with one attached hydrogen (secondary N) is 2. The second-order valence-electron chi connectivity index (χ2n) is 7.12. The molecule has 2 N–H and O–H groups in total. The van der Waals surface area contributed by atoms with Crippen molar-refractivity contribution < 1.29 is 4.42 Å². The predicted octanol–water partition coefficient (Wildman–Crippen LogP) is 3.90. The number of hydrogen-bond donors (Lipinski definition) is 2. The normalized spacial score (nSPS) is 16.7. The van der Waals surface area contributed by atoms with Gasteiger partial charge >= 0.3 is 0 Å². The van der Waals surface area contributed by atoms with E-state index in [9.17, 15) is 0 Å². The van der Waals surface area contributed by atoms with Crippen LogP contribution in [-0.4, -0.2) is 43.1 Å². The van der Waals surface area contributed by atoms with E-state index in [-0.39, 0.29) is 24.0 Å². The molecule has 0 radical (unpaired) electrons. The van der Waals surface area contributed by atoms with Crippen LogP contribution in [0, 0.1) is 6.92 Å². The largest absolute Gasteiger partial charge is 0.459 e. The average molecular weight is 470 g/mol. The van der Waals surface area contributed by atoms with Crippen LogP contribution in [0.5, 0.6) is 0 Å². The van der Waals surface area contributed by atoms with E-state index >= 15 is 0 Å². The van der Waals surface area contributed by atoms with Crippen LogP contribution in [0.2, 0.25) is 0 Å². The summed E-state index contributed by atoms with van der Waals surface area (Å²) in [5.41, 5.74) is 2.14. The Labute approximate surface area is 173 Å². The first-order chi connectivity index (χ1) is 12.1. The van der Waals surface area contributed by atoms with Crippen molar-refractivity contribution in [2.24, 2.45) is 4.99 Å². The van der Waals surface area contributed by atoms with Gasteiger partial charge in [0.1, 0.15) is 11.3 Å². The third-order valence-electron chi connectivity index (χ3n) is 5.18. The molecule has 0 atom stereocenters. The van der Waals surface area contributed by atoms with Crippen molar-refractivity contribution in [3.63, 3.8) is 0 Å². The molecule has 2 heterocycles. The van der Waals surface area contributed by atoms with E-state index in [1.54, 1.807) is 0 Å². The topological polar surface area (TPSA) is 52.8 Å². The second-order valence-corrected chi connectivity index (χ2v) is 7.12. The molecule has 1 aliphatic rings. The van der Waals surface area contributed by atoms with E-state index in [1.165, 1.54) is 10.9 Å². The summed E-state index contributed by atoms with van der Waals surface area (Å²) < 4.78 is 5.97. The standard InChI is InChI=1S/C20H30N4O.HI/c1-14(2)24-11-9-16(10-12-24)23-20(21-4)22-13-19-15(3)17-7-5-6-8-18(17)25-19;/h5-8,14,16H,9-13H2,1-4H3,(H2,21,22,23);1H. The van der Waals surface area contributed by atoms with Gasteiger partial charge in [0.05, 0.1) is 6.54 Å². The second kappa shape index (κ2) is 9.60. The highest BCUT2D eigenvalue weighted by Crippen LogP contribution is 2.24. The van der Waals surface area contributed by atoms with Crippen LogP contribution >= 0.6 is 24.0 Å². The summed E-state index contributed by atoms with van der Waals surface area (Å²) in [5.74, 6) is 1.82. The molecule has 0 spiro atoms. The molecule has 1 aromatic heterocycles. The summed E-state index contributed by atoms with van der Waals surface area (Å²) in [6.45, 7) is 9.59. The minimum Gasteiger partial charge on any atom is -0.459 e. The molecule has 26 heavy (non-hydrogen) atoms. The maximum absolute atomic E-state index is 5.97. The summed E-state index contributed by atoms with van der Waals surface area (Å²) in [6.07, 6.45) is 2.31. The van der Waals surface area contributed by atoms with Crippen molar-refractivity contribution in [3.8, 4) is 0 Å². The number of furan rings is 1. The molecule has 0 aliphatic carbocycles. The van der Waals surface area contributed by atoms with Gasteiger partial charge in [-0.2, -0.15) is 0 Å². The summed E-state index contributed by atoms with van der Waals surface area (Å²) in [4.78, 5) is 6.91. The van der Waals surface area contributed by atoms with Crippen molar-refractivity contribution in [1.82, 2.24) is 15.5 Å². The summed E-state index contributed by atoms with van der Waals surface area (Å²) >= 11 is 0. The molecule has 1 fully saturated rings. The number of rotatable bonds is 4. The molecule has 0 bridgehead atoms. The third-order valence-corrected chi connectivity index (χ3v) is 5.18. The number of piperidine rings is 1. The van der Waals surface area contributed by atoms with Gasteiger partial charge in [-0.15, -0.1) is 24.0 Å². The Hall–Kier alpha value is -1.28. The monoisotopic (exact) mass is 470 g/mol. The summed E-state index contributed by atoms with van der Waals surface area (Å²) in [6, 6.07) is 9.29. The van der Waals surface area contributed by atoms with Gasteiger partial charge in [-0.25, -0.2) is 0 Å². The molecule has 1 aliphatic heterocycles. The fraction of sp³-hybridized carbons (Fsp3) is 0.550. The number of para-hydroxylation sites is 1. The first kappa shape index (κ1) is 21.0. The zero-order chi connectivity index (χ0) is 17.8. The van der Waals surface area contributed by atoms with Crippen LogP contribution in [0.25, 0.3) is 11.0 Å². The van der Waals surface area contributed by atoms with Crippen molar-refractivity contribution in [3.05, 3.63) is 35.6 Å². The van der Waals surface area contributed by atoms with Crippen LogP contribution < -0.4 is 10.6 Å². The van der Waals surface area contributed by atoms with Gasteiger partial charge in [-0.05, 0) is 39.7 Å². The Morgan fingerprint density at radius 3 is 2.58 bits per heavy atom. The lowest BCUT2D eigenvalue weighted by molar-refractivity contribution is 0.167. The van der Waals surface area contributed by atoms with Crippen molar-refractivity contribution in [2.45, 2.75) is 52.2 Å². The first-order valence-electron chi connectivity index (χ1n) is 9.26. The van der Waals surface area contributed by atoms with Crippen molar-refractivity contribution >= 4 is 40.9 Å². The Morgan fingerprint density at radius 2 is 1.96 bits per heavy atom. The molecular weight excluding hydrogens is 439 g/mol. The van der Waals surface area contributed by atoms with Gasteiger partial charge < -0.3 is 20.0 Å². The minimum atomic E-state index is 0. The maximum Gasteiger partial charge on any atom is 0.191 e. The molecular formula is C20H31IN4O. The lowest BCUT2D eigenvalue weighted by Crippen LogP contribution is -2.49. The van der Waals surface area contributed by atoms with Gasteiger partial charge in [-0.3, -0.25) is 4.99 Å². The smallest absolute Gasteiger partial charge is 0.191 e. The minimum absolute atomic E-state index is 0. The van der Waals surface area contributed by atoms with Crippen LogP contribution in [0.1, 0.15) is 38.0 Å². The van der Waals surface area contributed by atoms with Gasteiger partial charge in [0.15, 0.2) is 5.96 Å². The zero-order valence-electron chi connectivity index (χ0n) is 16.2. The van der Waals surface area contributed by atoms with Gasteiger partial charge in [0.25, 0.3) is 0 Å². The van der Waals surface area contributed by atoms with E-state index in [1.807, 2.05) is 25.2 Å². The lowest BCUT2D eigenvalue weighted by Gasteiger charge is -2.35. The van der Waals surface area contributed by atoms with E-state index in [0.29, 0.717) is 18.6 Å². The number of nitrogens with zero attached hydrogens (tertiary/aromatic N) is 2.